The molecule has 0 aromatic rings. The maximum atomic E-state index is 10.3. The van der Waals surface area contributed by atoms with Gasteiger partial charge in [0, 0.05) is 6.42 Å². The number of unbranched alkanes of at least 4 members (excludes halogenated alkanes) is 2. The molecule has 0 aliphatic heterocycles. The standard InChI is InChI=1S/C6H12O2/c1-2-3-4-5-6(7)8/h2-5H2,1H3,(H,7,8)/i/hT. The second kappa shape index (κ2) is 4.62. The first-order valence-electron chi connectivity index (χ1n) is 3.38. The summed E-state index contributed by atoms with van der Waals surface area (Å²) < 4.78 is 6.19. The van der Waals surface area contributed by atoms with Gasteiger partial charge >= 0.3 is 5.97 Å². The normalized spacial score (nSPS) is 10.4. The first-order valence-corrected chi connectivity index (χ1v) is 2.97. The molecule has 0 spiro atoms. The third-order valence-corrected chi connectivity index (χ3v) is 0.984. The number of hydrogen-bond acceptors (Lipinski definition) is 2. The number of hydrogen-bond donors (Lipinski definition) is 1. The molecule has 0 bridgehead atoms. The Bertz CT molecular complexity index is 83.1. The van der Waals surface area contributed by atoms with E-state index in [0.717, 1.165) is 19.3 Å². The fraction of sp³-hybridized carbons (Fsp3) is 0.833. The van der Waals surface area contributed by atoms with Gasteiger partial charge in [-0.05, 0) is 6.42 Å². The van der Waals surface area contributed by atoms with Crippen molar-refractivity contribution in [1.82, 2.24) is 0 Å². The minimum atomic E-state index is -0.427. The van der Waals surface area contributed by atoms with E-state index in [1.54, 1.807) is 0 Å². The van der Waals surface area contributed by atoms with Crippen molar-refractivity contribution < 1.29 is 9.90 Å². The van der Waals surface area contributed by atoms with Gasteiger partial charge in [0.15, 0.2) is 0 Å². The molecule has 48 valence electrons. The van der Waals surface area contributed by atoms with E-state index in [-0.39, 0.29) is 0 Å². The Kier molecular flexibility index (Phi) is 3.24. The largest absolute Gasteiger partial charge is 0.481 e. The topological polar surface area (TPSA) is 37.3 Å². The summed E-state index contributed by atoms with van der Waals surface area (Å²) in [6.07, 6.45) is 3.35. The van der Waals surface area contributed by atoms with Crippen molar-refractivity contribution >= 4 is 5.97 Å². The van der Waals surface area contributed by atoms with Crippen LogP contribution in [0.5, 0.6) is 0 Å². The van der Waals surface area contributed by atoms with Crippen molar-refractivity contribution in [3.63, 3.8) is 0 Å². The second-order valence-corrected chi connectivity index (χ2v) is 1.83. The van der Waals surface area contributed by atoms with Crippen LogP contribution in [0.3, 0.4) is 0 Å². The predicted octanol–water partition coefficient (Wildman–Crippen LogP) is 1.65. The Morgan fingerprint density at radius 2 is 2.50 bits per heavy atom. The van der Waals surface area contributed by atoms with Crippen LogP contribution in [0.1, 0.15) is 32.6 Å². The number of rotatable bonds is 4. The van der Waals surface area contributed by atoms with Gasteiger partial charge in [-0.3, -0.25) is 4.79 Å². The van der Waals surface area contributed by atoms with Gasteiger partial charge in [-0.25, -0.2) is 0 Å². The molecule has 0 amide bonds. The molecule has 0 aliphatic carbocycles. The Morgan fingerprint density at radius 3 is 3.00 bits per heavy atom. The molecule has 2 heteroatoms. The molecular weight excluding hydrogens is 104 g/mol. The number of carbonyl (C=O) groups is 1. The van der Waals surface area contributed by atoms with Gasteiger partial charge in [0.1, 0.15) is 0 Å². The van der Waals surface area contributed by atoms with Crippen LogP contribution in [-0.2, 0) is 4.79 Å². The number of carboxylic acids is 1. The minimum absolute atomic E-state index is 0.386. The Labute approximate surface area is 51.0 Å². The molecule has 0 aromatic carbocycles. The number of carboxylic acid groups (broad SMARTS) is 1. The zero-order chi connectivity index (χ0) is 7.11. The summed E-state index contributed by atoms with van der Waals surface area (Å²) in [5.74, 6) is -0.427. The molecule has 0 rings (SSSR count). The molecule has 2 nitrogen and oxygen atoms in total. The van der Waals surface area contributed by atoms with Crippen molar-refractivity contribution in [2.75, 3.05) is 0 Å². The maximum absolute atomic E-state index is 10.3. The third-order valence-electron chi connectivity index (χ3n) is 0.984. The van der Waals surface area contributed by atoms with Crippen LogP contribution in [0.25, 0.3) is 1.43 Å². The SMILES string of the molecule is [3H]OC(=O)CCCCC. The number of aliphatic carboxylic acids is 1. The summed E-state index contributed by atoms with van der Waals surface area (Å²) in [6.45, 7) is 2.06. The highest BCUT2D eigenvalue weighted by molar-refractivity contribution is 5.66. The van der Waals surface area contributed by atoms with Crippen LogP contribution in [0.4, 0.5) is 0 Å². The zero-order valence-electron chi connectivity index (χ0n) is 6.14. The Balaban J connectivity index is 2.97. The molecule has 0 atom stereocenters. The van der Waals surface area contributed by atoms with E-state index in [2.05, 4.69) is 12.0 Å². The fourth-order valence-electron chi connectivity index (χ4n) is 0.519. The molecule has 0 aliphatic rings. The average Bonchev–Trinajstić information content (AvgIpc) is 1.89. The summed E-state index contributed by atoms with van der Waals surface area (Å²) in [5, 5.41) is 3.71. The molecular formula is C6H12O2. The summed E-state index contributed by atoms with van der Waals surface area (Å²) in [6, 6.07) is 0. The molecule has 0 saturated carbocycles. The lowest BCUT2D eigenvalue weighted by atomic mass is 10.2. The lowest BCUT2D eigenvalue weighted by molar-refractivity contribution is -0.137. The summed E-state index contributed by atoms with van der Waals surface area (Å²) in [5.41, 5.74) is 0. The van der Waals surface area contributed by atoms with E-state index in [0.29, 0.717) is 6.42 Å². The van der Waals surface area contributed by atoms with Gasteiger partial charge in [0.2, 0.25) is 0 Å². The summed E-state index contributed by atoms with van der Waals surface area (Å²) in [7, 11) is 0. The van der Waals surface area contributed by atoms with E-state index in [1.165, 1.54) is 0 Å². The second-order valence-electron chi connectivity index (χ2n) is 1.83. The minimum Gasteiger partial charge on any atom is -0.481 e. The third kappa shape index (κ3) is 5.47. The maximum Gasteiger partial charge on any atom is 0.303 e. The molecule has 0 heterocycles. The quantitative estimate of drug-likeness (QED) is 0.570. The highest BCUT2D eigenvalue weighted by Crippen LogP contribution is 1.97. The van der Waals surface area contributed by atoms with Crippen LogP contribution < -0.4 is 0 Å². The van der Waals surface area contributed by atoms with Crippen LogP contribution in [0, 0.1) is 0 Å². The van der Waals surface area contributed by atoms with Crippen LogP contribution in [-0.4, -0.2) is 11.1 Å². The smallest absolute Gasteiger partial charge is 0.303 e. The molecule has 8 heavy (non-hydrogen) atoms. The Hall–Kier alpha value is -0.530. The van der Waals surface area contributed by atoms with E-state index < -0.39 is 5.97 Å². The van der Waals surface area contributed by atoms with Crippen molar-refractivity contribution in [3.8, 4) is 0 Å². The lowest BCUT2D eigenvalue weighted by Gasteiger charge is -1.89. The van der Waals surface area contributed by atoms with Gasteiger partial charge in [-0.1, -0.05) is 19.8 Å². The summed E-state index contributed by atoms with van der Waals surface area (Å²) in [4.78, 5) is 10.3. The first-order chi connectivity index (χ1) is 4.31. The monoisotopic (exact) mass is 118 g/mol. The van der Waals surface area contributed by atoms with Crippen LogP contribution in [0.2, 0.25) is 0 Å². The van der Waals surface area contributed by atoms with E-state index in [9.17, 15) is 4.79 Å². The lowest BCUT2D eigenvalue weighted by Crippen LogP contribution is -1.92. The van der Waals surface area contributed by atoms with E-state index in [4.69, 9.17) is 1.43 Å². The zero-order valence-corrected chi connectivity index (χ0v) is 5.14. The van der Waals surface area contributed by atoms with E-state index >= 15 is 0 Å². The van der Waals surface area contributed by atoms with Crippen molar-refractivity contribution in [1.29, 1.82) is 1.43 Å². The van der Waals surface area contributed by atoms with E-state index in [1.807, 2.05) is 0 Å². The highest BCUT2D eigenvalue weighted by atomic mass is 16.4. The summed E-state index contributed by atoms with van der Waals surface area (Å²) >= 11 is 0. The van der Waals surface area contributed by atoms with Crippen LogP contribution >= 0.6 is 0 Å². The Morgan fingerprint density at radius 1 is 1.75 bits per heavy atom. The van der Waals surface area contributed by atoms with Gasteiger partial charge in [0.25, 0.3) is 1.43 Å². The van der Waals surface area contributed by atoms with Crippen LogP contribution in [0.15, 0.2) is 0 Å². The first kappa shape index (κ1) is 5.60. The van der Waals surface area contributed by atoms with Gasteiger partial charge in [-0.15, -0.1) is 0 Å². The molecule has 0 fully saturated rings. The molecule has 0 unspecified atom stereocenters. The fourth-order valence-corrected chi connectivity index (χ4v) is 0.519. The average molecular weight is 118 g/mol. The molecule has 0 aromatic heterocycles. The van der Waals surface area contributed by atoms with Crippen molar-refractivity contribution in [3.05, 3.63) is 0 Å². The van der Waals surface area contributed by atoms with Gasteiger partial charge in [-0.2, -0.15) is 0 Å². The molecule has 0 radical (unpaired) electrons. The molecule has 1 N–H and O–H groups in total. The van der Waals surface area contributed by atoms with Crippen molar-refractivity contribution in [2.24, 2.45) is 0 Å². The highest BCUT2D eigenvalue weighted by Gasteiger charge is 1.92. The van der Waals surface area contributed by atoms with Gasteiger partial charge in [0.05, 0.1) is 0 Å². The van der Waals surface area contributed by atoms with Gasteiger partial charge < -0.3 is 5.11 Å². The predicted molar refractivity (Wildman–Crippen MR) is 31.8 cm³/mol. The molecule has 0 saturated heterocycles. The van der Waals surface area contributed by atoms with Crippen molar-refractivity contribution in [2.45, 2.75) is 32.6 Å².